The summed E-state index contributed by atoms with van der Waals surface area (Å²) in [6.07, 6.45) is 1.49. The molecule has 3 rings (SSSR count). The smallest absolute Gasteiger partial charge is 0.166 e. The normalized spacial score (nSPS) is 16.0. The molecule has 0 unspecified atom stereocenters. The van der Waals surface area contributed by atoms with Gasteiger partial charge >= 0.3 is 0 Å². The van der Waals surface area contributed by atoms with Gasteiger partial charge in [0.05, 0.1) is 16.9 Å². The number of rotatable bonds is 6. The van der Waals surface area contributed by atoms with Crippen LogP contribution in [0, 0.1) is 38.2 Å². The van der Waals surface area contributed by atoms with Crippen molar-refractivity contribution >= 4 is 0 Å². The molecular formula is C23H54F3N5O. The lowest BCUT2D eigenvalue weighted by Gasteiger charge is -2.53. The lowest BCUT2D eigenvalue weighted by molar-refractivity contribution is -0.135. The molecule has 0 saturated carbocycles. The van der Waals surface area contributed by atoms with Crippen molar-refractivity contribution in [2.24, 2.45) is 0 Å². The third-order valence-electron chi connectivity index (χ3n) is 6.61. The van der Waals surface area contributed by atoms with Crippen LogP contribution in [0.3, 0.4) is 0 Å². The molecule has 2 atom stereocenters. The minimum Gasteiger partial charge on any atom is -0.382 e. The van der Waals surface area contributed by atoms with E-state index in [0.29, 0.717) is 17.7 Å². The Morgan fingerprint density at radius 2 is 1.72 bits per heavy atom. The van der Waals surface area contributed by atoms with Crippen LogP contribution in [0.2, 0.25) is 0 Å². The summed E-state index contributed by atoms with van der Waals surface area (Å²) in [6, 6.07) is 2.95. The molecule has 0 radical (unpaired) electrons. The van der Waals surface area contributed by atoms with E-state index in [1.54, 1.807) is 41.5 Å². The Kier molecular flexibility index (Phi) is 5.93. The maximum absolute atomic E-state index is 15.5. The number of aryl methyl sites for hydroxylation is 3. The second-order valence-corrected chi connectivity index (χ2v) is 8.82. The Hall–Kier alpha value is -2.81. The number of aromatic nitrogens is 5. The van der Waals surface area contributed by atoms with Gasteiger partial charge < -0.3 is 5.11 Å². The van der Waals surface area contributed by atoms with Crippen molar-refractivity contribution < 1.29 is 36.8 Å². The molecule has 0 aliphatic carbocycles. The van der Waals surface area contributed by atoms with Gasteiger partial charge in [0, 0.05) is 35.6 Å². The van der Waals surface area contributed by atoms with E-state index in [1.807, 2.05) is 0 Å². The SMILES string of the molecule is CC[C@@](C)(c1nc(C)nc(C)c1F)[C@@](O)(c1ccc(F)cc1F)C(C)(C)n1ncnc1C.[HH].[HH].[HH].[HH].[HH].[HH].[HH].[HH].[HH].[HH].[HH].[HH].[HH]. The highest BCUT2D eigenvalue weighted by Gasteiger charge is 2.61. The van der Waals surface area contributed by atoms with Crippen molar-refractivity contribution in [3.05, 3.63) is 70.6 Å². The minimum atomic E-state index is -2.14. The zero-order valence-electron chi connectivity index (χ0n) is 19.3. The van der Waals surface area contributed by atoms with E-state index in [0.717, 1.165) is 6.07 Å². The van der Waals surface area contributed by atoms with Crippen molar-refractivity contribution in [1.82, 2.24) is 24.7 Å². The molecule has 0 amide bonds. The van der Waals surface area contributed by atoms with Crippen LogP contribution in [-0.4, -0.2) is 29.8 Å². The molecule has 1 N–H and O–H groups in total. The zero-order chi connectivity index (χ0) is 24.1. The number of aliphatic hydroxyl groups is 1. The molecule has 6 nitrogen and oxygen atoms in total. The number of hydrogen-bond donors (Lipinski definition) is 1. The predicted octanol–water partition coefficient (Wildman–Crippen LogP) is 7.60. The number of nitrogens with zero attached hydrogens (tertiary/aromatic N) is 5. The van der Waals surface area contributed by atoms with Gasteiger partial charge in [-0.1, -0.05) is 19.9 Å². The molecule has 0 bridgehead atoms. The summed E-state index contributed by atoms with van der Waals surface area (Å²) in [6.45, 7) is 11.5. The fourth-order valence-corrected chi connectivity index (χ4v) is 4.75. The molecule has 0 aliphatic heterocycles. The molecule has 198 valence electrons. The van der Waals surface area contributed by atoms with Gasteiger partial charge in [-0.25, -0.2) is 32.8 Å². The fourth-order valence-electron chi connectivity index (χ4n) is 4.75. The standard InChI is InChI=1S/C23H28F3N5O.13H2/c1-8-22(7,20-19(26)13(2)29-14(3)30-20)23(32,17-10-9-16(24)11-18(17)25)21(5,6)31-15(4)27-12-28-31;;;;;;;;;;;;;/h9-12,32H,8H2,1-7H3;13*1H/t22-,23+;;;;;;;;;;;;;/m0............./s1. The van der Waals surface area contributed by atoms with Crippen LogP contribution >= 0.6 is 0 Å². The van der Waals surface area contributed by atoms with Crippen molar-refractivity contribution in [1.29, 1.82) is 0 Å². The van der Waals surface area contributed by atoms with Gasteiger partial charge in [-0.2, -0.15) is 5.10 Å². The summed E-state index contributed by atoms with van der Waals surface area (Å²) in [4.78, 5) is 12.6. The lowest BCUT2D eigenvalue weighted by Crippen LogP contribution is -2.62. The summed E-state index contributed by atoms with van der Waals surface area (Å²) in [5, 5.41) is 16.8. The second-order valence-electron chi connectivity index (χ2n) is 8.82. The van der Waals surface area contributed by atoms with Crippen LogP contribution in [0.5, 0.6) is 0 Å². The highest BCUT2D eigenvalue weighted by atomic mass is 19.1. The highest BCUT2D eigenvalue weighted by Crippen LogP contribution is 2.54. The molecule has 2 heterocycles. The molecule has 1 aromatic carbocycles. The van der Waals surface area contributed by atoms with Gasteiger partial charge in [0.1, 0.15) is 35.2 Å². The Bertz CT molecular complexity index is 1200. The summed E-state index contributed by atoms with van der Waals surface area (Å²) in [5.41, 5.74) is -5.12. The van der Waals surface area contributed by atoms with E-state index in [9.17, 15) is 9.50 Å². The molecule has 0 spiro atoms. The van der Waals surface area contributed by atoms with Crippen molar-refractivity contribution in [3.8, 4) is 0 Å². The summed E-state index contributed by atoms with van der Waals surface area (Å²) in [7, 11) is 0. The predicted molar refractivity (Wildman–Crippen MR) is 141 cm³/mol. The van der Waals surface area contributed by atoms with Gasteiger partial charge in [0.25, 0.3) is 0 Å². The first-order valence-corrected chi connectivity index (χ1v) is 10.4. The summed E-state index contributed by atoms with van der Waals surface area (Å²) < 4.78 is 46.0. The number of hydrogen-bond acceptors (Lipinski definition) is 5. The third-order valence-corrected chi connectivity index (χ3v) is 6.61. The summed E-state index contributed by atoms with van der Waals surface area (Å²) in [5.74, 6) is -1.66. The molecule has 0 saturated heterocycles. The molecule has 0 fully saturated rings. The second kappa shape index (κ2) is 7.95. The van der Waals surface area contributed by atoms with Gasteiger partial charge in [0.15, 0.2) is 5.82 Å². The Morgan fingerprint density at radius 3 is 2.25 bits per heavy atom. The first-order valence-electron chi connectivity index (χ1n) is 10.4. The van der Waals surface area contributed by atoms with Gasteiger partial charge in [-0.3, -0.25) is 0 Å². The monoisotopic (exact) mass is 473 g/mol. The van der Waals surface area contributed by atoms with Gasteiger partial charge in [-0.05, 0) is 47.1 Å². The van der Waals surface area contributed by atoms with Crippen molar-refractivity contribution in [3.63, 3.8) is 0 Å². The Balaban J connectivity index is -0.0000000988. The lowest BCUT2D eigenvalue weighted by atomic mass is 9.58. The van der Waals surface area contributed by atoms with E-state index < -0.39 is 34.0 Å². The Morgan fingerprint density at radius 1 is 1.06 bits per heavy atom. The van der Waals surface area contributed by atoms with E-state index in [4.69, 9.17) is 0 Å². The molecule has 32 heavy (non-hydrogen) atoms. The first kappa shape index (κ1) is 23.8. The summed E-state index contributed by atoms with van der Waals surface area (Å²) >= 11 is 0. The minimum absolute atomic E-state index is 0. The fraction of sp³-hybridized carbons (Fsp3) is 0.478. The van der Waals surface area contributed by atoms with Crippen LogP contribution in [0.4, 0.5) is 13.2 Å². The largest absolute Gasteiger partial charge is 0.382 e. The topological polar surface area (TPSA) is 76.7 Å². The van der Waals surface area contributed by atoms with Crippen LogP contribution in [-0.2, 0) is 16.6 Å². The molecule has 0 aliphatic rings. The first-order chi connectivity index (χ1) is 14.8. The average Bonchev–Trinajstić information content (AvgIpc) is 3.16. The quantitative estimate of drug-likeness (QED) is 0.399. The van der Waals surface area contributed by atoms with Crippen LogP contribution in [0.15, 0.2) is 24.5 Å². The van der Waals surface area contributed by atoms with Crippen LogP contribution < -0.4 is 0 Å². The maximum atomic E-state index is 15.5. The number of benzene rings is 1. The Labute approximate surface area is 204 Å². The zero-order valence-corrected chi connectivity index (χ0v) is 19.3. The van der Waals surface area contributed by atoms with Crippen LogP contribution in [0.1, 0.15) is 81.3 Å². The van der Waals surface area contributed by atoms with Crippen molar-refractivity contribution in [2.75, 3.05) is 0 Å². The van der Waals surface area contributed by atoms with E-state index in [2.05, 4.69) is 20.1 Å². The van der Waals surface area contributed by atoms with E-state index >= 15 is 8.78 Å². The molecule has 3 aromatic rings. The third kappa shape index (κ3) is 3.30. The van der Waals surface area contributed by atoms with E-state index in [1.165, 1.54) is 24.0 Å². The molecule has 2 aromatic heterocycles. The molecular weight excluding hydrogens is 419 g/mol. The highest BCUT2D eigenvalue weighted by molar-refractivity contribution is 5.38. The van der Waals surface area contributed by atoms with E-state index in [-0.39, 0.29) is 41.9 Å². The van der Waals surface area contributed by atoms with Crippen molar-refractivity contribution in [2.45, 2.75) is 71.4 Å². The molecule has 9 heteroatoms. The number of halogens is 3. The van der Waals surface area contributed by atoms with Gasteiger partial charge in [0.2, 0.25) is 0 Å². The maximum Gasteiger partial charge on any atom is 0.166 e. The average molecular weight is 474 g/mol. The van der Waals surface area contributed by atoms with Gasteiger partial charge in [-0.15, -0.1) is 0 Å². The van der Waals surface area contributed by atoms with Crippen LogP contribution in [0.25, 0.3) is 0 Å².